The number of hydrogen-bond donors (Lipinski definition) is 2. The topological polar surface area (TPSA) is 83.6 Å². The Bertz CT molecular complexity index is 590. The fraction of sp³-hybridized carbons (Fsp3) is 0.632. The molecule has 1 aromatic rings. The van der Waals surface area contributed by atoms with Crippen molar-refractivity contribution in [3.63, 3.8) is 0 Å². The number of nitrogens with one attached hydrogen (secondary N) is 2. The minimum atomic E-state index is -0.400. The first kappa shape index (κ1) is 20.2. The van der Waals surface area contributed by atoms with Gasteiger partial charge < -0.3 is 20.3 Å². The van der Waals surface area contributed by atoms with Gasteiger partial charge in [-0.3, -0.25) is 9.59 Å². The SMILES string of the molecule is CC(C)(C)C(=O)NCCCC(=O)NCc1ccc(N2CCOCC2)nc1. The van der Waals surface area contributed by atoms with Crippen LogP contribution in [0.4, 0.5) is 5.82 Å². The smallest absolute Gasteiger partial charge is 0.225 e. The lowest BCUT2D eigenvalue weighted by atomic mass is 9.96. The molecule has 0 spiro atoms. The summed E-state index contributed by atoms with van der Waals surface area (Å²) >= 11 is 0. The van der Waals surface area contributed by atoms with Crippen molar-refractivity contribution in [2.75, 3.05) is 37.7 Å². The van der Waals surface area contributed by atoms with Gasteiger partial charge in [-0.15, -0.1) is 0 Å². The van der Waals surface area contributed by atoms with E-state index in [0.717, 1.165) is 37.7 Å². The summed E-state index contributed by atoms with van der Waals surface area (Å²) in [5.74, 6) is 0.926. The third-order valence-electron chi connectivity index (χ3n) is 4.18. The molecule has 2 N–H and O–H groups in total. The van der Waals surface area contributed by atoms with Crippen LogP contribution in [0.15, 0.2) is 18.3 Å². The number of pyridine rings is 1. The van der Waals surface area contributed by atoms with Crippen LogP contribution in [0, 0.1) is 5.41 Å². The van der Waals surface area contributed by atoms with Crippen molar-refractivity contribution >= 4 is 17.6 Å². The van der Waals surface area contributed by atoms with E-state index in [-0.39, 0.29) is 11.8 Å². The zero-order chi connectivity index (χ0) is 19.0. The van der Waals surface area contributed by atoms with Gasteiger partial charge in [0.25, 0.3) is 0 Å². The van der Waals surface area contributed by atoms with E-state index in [2.05, 4.69) is 20.5 Å². The zero-order valence-electron chi connectivity index (χ0n) is 16.0. The van der Waals surface area contributed by atoms with Gasteiger partial charge in [-0.25, -0.2) is 4.98 Å². The molecule has 2 amide bonds. The monoisotopic (exact) mass is 362 g/mol. The van der Waals surface area contributed by atoms with Crippen molar-refractivity contribution in [1.82, 2.24) is 15.6 Å². The summed E-state index contributed by atoms with van der Waals surface area (Å²) in [5.41, 5.74) is 0.569. The predicted octanol–water partition coefficient (Wildman–Crippen LogP) is 1.48. The number of morpholine rings is 1. The molecule has 1 aromatic heterocycles. The number of rotatable bonds is 7. The quantitative estimate of drug-likeness (QED) is 0.718. The Morgan fingerprint density at radius 3 is 2.54 bits per heavy atom. The molecule has 0 saturated carbocycles. The maximum Gasteiger partial charge on any atom is 0.225 e. The van der Waals surface area contributed by atoms with Crippen molar-refractivity contribution in [3.05, 3.63) is 23.9 Å². The third kappa shape index (κ3) is 6.63. The highest BCUT2D eigenvalue weighted by atomic mass is 16.5. The van der Waals surface area contributed by atoms with Gasteiger partial charge in [0, 0.05) is 44.2 Å². The van der Waals surface area contributed by atoms with Crippen molar-refractivity contribution in [2.24, 2.45) is 5.41 Å². The molecule has 0 aliphatic carbocycles. The van der Waals surface area contributed by atoms with E-state index >= 15 is 0 Å². The van der Waals surface area contributed by atoms with Gasteiger partial charge in [-0.1, -0.05) is 26.8 Å². The van der Waals surface area contributed by atoms with Crippen LogP contribution < -0.4 is 15.5 Å². The van der Waals surface area contributed by atoms with Crippen LogP contribution in [-0.2, 0) is 20.9 Å². The molecule has 2 rings (SSSR count). The fourth-order valence-corrected chi connectivity index (χ4v) is 2.51. The zero-order valence-corrected chi connectivity index (χ0v) is 16.0. The molecule has 0 aromatic carbocycles. The van der Waals surface area contributed by atoms with Crippen LogP contribution in [0.2, 0.25) is 0 Å². The molecule has 1 aliphatic heterocycles. The second-order valence-corrected chi connectivity index (χ2v) is 7.51. The minimum absolute atomic E-state index is 0.00402. The normalized spacial score (nSPS) is 14.8. The number of hydrogen-bond acceptors (Lipinski definition) is 5. The summed E-state index contributed by atoms with van der Waals surface area (Å²) in [6, 6.07) is 3.97. The number of nitrogens with zero attached hydrogens (tertiary/aromatic N) is 2. The summed E-state index contributed by atoms with van der Waals surface area (Å²) in [4.78, 5) is 30.3. The largest absolute Gasteiger partial charge is 0.378 e. The van der Waals surface area contributed by atoms with Gasteiger partial charge in [0.15, 0.2) is 0 Å². The summed E-state index contributed by atoms with van der Waals surface area (Å²) in [5, 5.41) is 5.74. The van der Waals surface area contributed by atoms with Crippen LogP contribution in [0.25, 0.3) is 0 Å². The molecule has 144 valence electrons. The lowest BCUT2D eigenvalue weighted by Crippen LogP contribution is -2.36. The van der Waals surface area contributed by atoms with E-state index in [4.69, 9.17) is 4.74 Å². The predicted molar refractivity (Wildman–Crippen MR) is 101 cm³/mol. The molecule has 1 fully saturated rings. The number of anilines is 1. The Morgan fingerprint density at radius 1 is 1.19 bits per heavy atom. The van der Waals surface area contributed by atoms with Gasteiger partial charge >= 0.3 is 0 Å². The van der Waals surface area contributed by atoms with E-state index < -0.39 is 5.41 Å². The number of carbonyl (C=O) groups excluding carboxylic acids is 2. The Labute approximate surface area is 155 Å². The molecule has 26 heavy (non-hydrogen) atoms. The van der Waals surface area contributed by atoms with Crippen LogP contribution in [0.1, 0.15) is 39.2 Å². The molecular formula is C19H30N4O3. The van der Waals surface area contributed by atoms with Crippen LogP contribution in [0.3, 0.4) is 0 Å². The van der Waals surface area contributed by atoms with Gasteiger partial charge in [-0.2, -0.15) is 0 Å². The highest BCUT2D eigenvalue weighted by Crippen LogP contribution is 2.13. The van der Waals surface area contributed by atoms with Crippen molar-refractivity contribution < 1.29 is 14.3 Å². The number of amides is 2. The first-order chi connectivity index (χ1) is 12.4. The average Bonchev–Trinajstić information content (AvgIpc) is 2.63. The number of carbonyl (C=O) groups is 2. The van der Waals surface area contributed by atoms with Crippen molar-refractivity contribution in [2.45, 2.75) is 40.2 Å². The van der Waals surface area contributed by atoms with E-state index in [1.54, 1.807) is 6.20 Å². The summed E-state index contributed by atoms with van der Waals surface area (Å²) in [7, 11) is 0. The summed E-state index contributed by atoms with van der Waals surface area (Å²) < 4.78 is 5.34. The van der Waals surface area contributed by atoms with E-state index in [9.17, 15) is 9.59 Å². The van der Waals surface area contributed by atoms with Gasteiger partial charge in [0.1, 0.15) is 5.82 Å². The highest BCUT2D eigenvalue weighted by molar-refractivity contribution is 5.81. The van der Waals surface area contributed by atoms with Gasteiger partial charge in [0.2, 0.25) is 11.8 Å². The Balaban J connectivity index is 1.65. The molecular weight excluding hydrogens is 332 g/mol. The van der Waals surface area contributed by atoms with E-state index in [1.807, 2.05) is 32.9 Å². The summed E-state index contributed by atoms with van der Waals surface area (Å²) in [6.07, 6.45) is 2.82. The molecule has 2 heterocycles. The molecule has 1 aliphatic rings. The Hall–Kier alpha value is -2.15. The first-order valence-corrected chi connectivity index (χ1v) is 9.19. The summed E-state index contributed by atoms with van der Waals surface area (Å²) in [6.45, 7) is 9.76. The number of ether oxygens (including phenoxy) is 1. The standard InChI is InChI=1S/C19H30N4O3/c1-19(2,3)18(25)20-8-4-5-17(24)22-14-15-6-7-16(21-13-15)23-9-11-26-12-10-23/h6-7,13H,4-5,8-12,14H2,1-3H3,(H,20,25)(H,22,24). The fourth-order valence-electron chi connectivity index (χ4n) is 2.51. The molecule has 7 nitrogen and oxygen atoms in total. The molecule has 0 radical (unpaired) electrons. The number of aromatic nitrogens is 1. The van der Waals surface area contributed by atoms with Crippen LogP contribution in [-0.4, -0.2) is 49.6 Å². The van der Waals surface area contributed by atoms with E-state index in [1.165, 1.54) is 0 Å². The molecule has 1 saturated heterocycles. The van der Waals surface area contributed by atoms with Crippen molar-refractivity contribution in [3.8, 4) is 0 Å². The molecule has 0 bridgehead atoms. The second-order valence-electron chi connectivity index (χ2n) is 7.51. The Kier molecular flexibility index (Phi) is 7.38. The molecule has 0 atom stereocenters. The van der Waals surface area contributed by atoms with Gasteiger partial charge in [0.05, 0.1) is 13.2 Å². The van der Waals surface area contributed by atoms with Crippen LogP contribution in [0.5, 0.6) is 0 Å². The van der Waals surface area contributed by atoms with E-state index in [0.29, 0.717) is 25.9 Å². The van der Waals surface area contributed by atoms with Crippen molar-refractivity contribution in [1.29, 1.82) is 0 Å². The van der Waals surface area contributed by atoms with Crippen LogP contribution >= 0.6 is 0 Å². The first-order valence-electron chi connectivity index (χ1n) is 9.19. The third-order valence-corrected chi connectivity index (χ3v) is 4.18. The lowest BCUT2D eigenvalue weighted by molar-refractivity contribution is -0.128. The lowest BCUT2D eigenvalue weighted by Gasteiger charge is -2.27. The van der Waals surface area contributed by atoms with Gasteiger partial charge in [-0.05, 0) is 18.1 Å². The maximum atomic E-state index is 11.9. The highest BCUT2D eigenvalue weighted by Gasteiger charge is 2.20. The Morgan fingerprint density at radius 2 is 1.92 bits per heavy atom. The average molecular weight is 362 g/mol. The molecule has 0 unspecified atom stereocenters. The molecule has 7 heteroatoms. The maximum absolute atomic E-state index is 11.9. The second kappa shape index (κ2) is 9.52. The minimum Gasteiger partial charge on any atom is -0.378 e.